The van der Waals surface area contributed by atoms with Gasteiger partial charge in [0.05, 0.1) is 0 Å². The molecule has 1 saturated carbocycles. The molecule has 0 aliphatic heterocycles. The van der Waals surface area contributed by atoms with E-state index in [0.717, 1.165) is 6.54 Å². The fourth-order valence-electron chi connectivity index (χ4n) is 2.95. The highest BCUT2D eigenvalue weighted by Crippen LogP contribution is 2.40. The fraction of sp³-hybridized carbons (Fsp3) is 0.571. The third-order valence-corrected chi connectivity index (χ3v) is 4.24. The molecule has 0 atom stereocenters. The molecule has 0 bridgehead atoms. The molecular formula is C14H20BrN. The first-order chi connectivity index (χ1) is 7.74. The summed E-state index contributed by atoms with van der Waals surface area (Å²) in [5.74, 6) is 0. The normalized spacial score (nSPS) is 18.9. The summed E-state index contributed by atoms with van der Waals surface area (Å²) in [6, 6.07) is 8.80. The van der Waals surface area contributed by atoms with Crippen LogP contribution >= 0.6 is 15.9 Å². The molecule has 1 nitrogen and oxygen atoms in total. The van der Waals surface area contributed by atoms with E-state index in [-0.39, 0.29) is 0 Å². The lowest BCUT2D eigenvalue weighted by Gasteiger charge is -2.29. The Labute approximate surface area is 107 Å². The Morgan fingerprint density at radius 2 is 1.81 bits per heavy atom. The standard InChI is InChI=1S/C14H20BrN/c1-16-11-14(8-2-3-9-14)10-12-4-6-13(15)7-5-12/h4-7,16H,2-3,8-11H2,1H3. The van der Waals surface area contributed by atoms with E-state index >= 15 is 0 Å². The molecular weight excluding hydrogens is 262 g/mol. The van der Waals surface area contributed by atoms with Gasteiger partial charge in [-0.3, -0.25) is 0 Å². The zero-order chi connectivity index (χ0) is 11.4. The van der Waals surface area contributed by atoms with Crippen molar-refractivity contribution in [2.75, 3.05) is 13.6 Å². The summed E-state index contributed by atoms with van der Waals surface area (Å²) in [4.78, 5) is 0. The van der Waals surface area contributed by atoms with E-state index in [1.807, 2.05) is 0 Å². The van der Waals surface area contributed by atoms with E-state index in [1.54, 1.807) is 0 Å². The molecule has 2 rings (SSSR count). The van der Waals surface area contributed by atoms with Crippen LogP contribution in [0.5, 0.6) is 0 Å². The molecule has 0 amide bonds. The first-order valence-electron chi connectivity index (χ1n) is 6.13. The molecule has 16 heavy (non-hydrogen) atoms. The zero-order valence-electron chi connectivity index (χ0n) is 9.93. The lowest BCUT2D eigenvalue weighted by molar-refractivity contribution is 0.286. The Kier molecular flexibility index (Phi) is 4.04. The number of hydrogen-bond donors (Lipinski definition) is 1. The van der Waals surface area contributed by atoms with Gasteiger partial charge in [-0.1, -0.05) is 40.9 Å². The van der Waals surface area contributed by atoms with Gasteiger partial charge in [-0.15, -0.1) is 0 Å². The summed E-state index contributed by atoms with van der Waals surface area (Å²) in [6.45, 7) is 1.16. The molecule has 0 aromatic heterocycles. The summed E-state index contributed by atoms with van der Waals surface area (Å²) in [5.41, 5.74) is 1.99. The Morgan fingerprint density at radius 1 is 1.19 bits per heavy atom. The highest BCUT2D eigenvalue weighted by Gasteiger charge is 2.32. The highest BCUT2D eigenvalue weighted by atomic mass is 79.9. The van der Waals surface area contributed by atoms with Gasteiger partial charge in [0.15, 0.2) is 0 Å². The topological polar surface area (TPSA) is 12.0 Å². The lowest BCUT2D eigenvalue weighted by atomic mass is 9.80. The third kappa shape index (κ3) is 2.86. The number of hydrogen-bond acceptors (Lipinski definition) is 1. The first-order valence-corrected chi connectivity index (χ1v) is 6.92. The summed E-state index contributed by atoms with van der Waals surface area (Å²) >= 11 is 3.49. The van der Waals surface area contributed by atoms with Crippen molar-refractivity contribution in [3.63, 3.8) is 0 Å². The largest absolute Gasteiger partial charge is 0.319 e. The second-order valence-corrected chi connectivity index (χ2v) is 5.96. The van der Waals surface area contributed by atoms with Gasteiger partial charge in [0.2, 0.25) is 0 Å². The number of rotatable bonds is 4. The predicted octanol–water partition coefficient (Wildman–Crippen LogP) is 3.77. The maximum atomic E-state index is 3.49. The fourth-order valence-corrected chi connectivity index (χ4v) is 3.22. The van der Waals surface area contributed by atoms with Crippen LogP contribution < -0.4 is 5.32 Å². The summed E-state index contributed by atoms with van der Waals surface area (Å²) < 4.78 is 1.17. The molecule has 1 N–H and O–H groups in total. The average molecular weight is 282 g/mol. The van der Waals surface area contributed by atoms with Crippen LogP contribution in [0.15, 0.2) is 28.7 Å². The molecule has 1 aliphatic rings. The minimum Gasteiger partial charge on any atom is -0.319 e. The van der Waals surface area contributed by atoms with Crippen molar-refractivity contribution in [3.05, 3.63) is 34.3 Å². The van der Waals surface area contributed by atoms with Gasteiger partial charge in [0.25, 0.3) is 0 Å². The molecule has 0 radical (unpaired) electrons. The molecule has 0 saturated heterocycles. The maximum Gasteiger partial charge on any atom is 0.0175 e. The zero-order valence-corrected chi connectivity index (χ0v) is 11.5. The van der Waals surface area contributed by atoms with E-state index < -0.39 is 0 Å². The van der Waals surface area contributed by atoms with Gasteiger partial charge in [-0.05, 0) is 49.4 Å². The molecule has 88 valence electrons. The van der Waals surface area contributed by atoms with Gasteiger partial charge in [-0.2, -0.15) is 0 Å². The average Bonchev–Trinajstić information content (AvgIpc) is 2.71. The van der Waals surface area contributed by atoms with Gasteiger partial charge in [0.1, 0.15) is 0 Å². The summed E-state index contributed by atoms with van der Waals surface area (Å²) in [5, 5.41) is 3.37. The molecule has 1 aromatic carbocycles. The van der Waals surface area contributed by atoms with E-state index in [4.69, 9.17) is 0 Å². The monoisotopic (exact) mass is 281 g/mol. The van der Waals surface area contributed by atoms with Crippen LogP contribution in [-0.4, -0.2) is 13.6 Å². The Bertz CT molecular complexity index is 325. The van der Waals surface area contributed by atoms with Gasteiger partial charge >= 0.3 is 0 Å². The van der Waals surface area contributed by atoms with Crippen LogP contribution in [0.1, 0.15) is 31.2 Å². The summed E-state index contributed by atoms with van der Waals surface area (Å²) in [7, 11) is 2.07. The quantitative estimate of drug-likeness (QED) is 0.886. The second kappa shape index (κ2) is 5.33. The maximum absolute atomic E-state index is 3.49. The minimum absolute atomic E-state index is 0.516. The highest BCUT2D eigenvalue weighted by molar-refractivity contribution is 9.10. The van der Waals surface area contributed by atoms with Crippen molar-refractivity contribution in [1.82, 2.24) is 5.32 Å². The molecule has 2 heteroatoms. The van der Waals surface area contributed by atoms with E-state index in [1.165, 1.54) is 42.1 Å². The molecule has 0 unspecified atom stereocenters. The third-order valence-electron chi connectivity index (χ3n) is 3.71. The molecule has 1 aromatic rings. The molecule has 0 spiro atoms. The van der Waals surface area contributed by atoms with Crippen LogP contribution in [0.4, 0.5) is 0 Å². The van der Waals surface area contributed by atoms with Gasteiger partial charge < -0.3 is 5.32 Å². The number of nitrogens with one attached hydrogen (secondary N) is 1. The van der Waals surface area contributed by atoms with Crippen molar-refractivity contribution < 1.29 is 0 Å². The van der Waals surface area contributed by atoms with Crippen molar-refractivity contribution in [2.45, 2.75) is 32.1 Å². The van der Waals surface area contributed by atoms with E-state index in [2.05, 4.69) is 52.6 Å². The summed E-state index contributed by atoms with van der Waals surface area (Å²) in [6.07, 6.45) is 6.78. The minimum atomic E-state index is 0.516. The van der Waals surface area contributed by atoms with E-state index in [0.29, 0.717) is 5.41 Å². The van der Waals surface area contributed by atoms with Gasteiger partial charge in [-0.25, -0.2) is 0 Å². The Hall–Kier alpha value is -0.340. The second-order valence-electron chi connectivity index (χ2n) is 5.04. The van der Waals surface area contributed by atoms with Crippen molar-refractivity contribution in [2.24, 2.45) is 5.41 Å². The molecule has 0 heterocycles. The predicted molar refractivity (Wildman–Crippen MR) is 72.7 cm³/mol. The lowest BCUT2D eigenvalue weighted by Crippen LogP contribution is -2.32. The van der Waals surface area contributed by atoms with Gasteiger partial charge in [0, 0.05) is 11.0 Å². The number of halogens is 1. The van der Waals surface area contributed by atoms with Crippen LogP contribution in [0.2, 0.25) is 0 Å². The first kappa shape index (κ1) is 12.1. The smallest absolute Gasteiger partial charge is 0.0175 e. The molecule has 1 fully saturated rings. The van der Waals surface area contributed by atoms with Crippen LogP contribution in [0.3, 0.4) is 0 Å². The number of benzene rings is 1. The SMILES string of the molecule is CNCC1(Cc2ccc(Br)cc2)CCCC1. The van der Waals surface area contributed by atoms with Crippen LogP contribution in [0.25, 0.3) is 0 Å². The Balaban J connectivity index is 2.08. The van der Waals surface area contributed by atoms with Crippen LogP contribution in [0, 0.1) is 5.41 Å². The van der Waals surface area contributed by atoms with Crippen molar-refractivity contribution in [1.29, 1.82) is 0 Å². The van der Waals surface area contributed by atoms with E-state index in [9.17, 15) is 0 Å². The Morgan fingerprint density at radius 3 is 2.38 bits per heavy atom. The molecule has 1 aliphatic carbocycles. The van der Waals surface area contributed by atoms with Crippen molar-refractivity contribution >= 4 is 15.9 Å². The van der Waals surface area contributed by atoms with Crippen molar-refractivity contribution in [3.8, 4) is 0 Å². The van der Waals surface area contributed by atoms with Crippen LogP contribution in [-0.2, 0) is 6.42 Å².